The molecule has 0 fully saturated rings. The average molecular weight is 258 g/mol. The highest BCUT2D eigenvalue weighted by Gasteiger charge is 1.99. The van der Waals surface area contributed by atoms with Crippen molar-refractivity contribution in [3.05, 3.63) is 59.4 Å². The zero-order chi connectivity index (χ0) is 13.7. The topological polar surface area (TPSA) is 65.2 Å². The van der Waals surface area contributed by atoms with Gasteiger partial charge in [0, 0.05) is 11.6 Å². The lowest BCUT2D eigenvalue weighted by Crippen LogP contribution is -1.86. The lowest BCUT2D eigenvalue weighted by molar-refractivity contribution is 0.469. The molecule has 2 aromatic carbocycles. The summed E-state index contributed by atoms with van der Waals surface area (Å²) in [6.07, 6.45) is 2.74. The highest BCUT2D eigenvalue weighted by atomic mass is 19.1. The molecule has 0 spiro atoms. The van der Waals surface area contributed by atoms with Gasteiger partial charge < -0.3 is 10.2 Å². The molecule has 0 aliphatic rings. The number of aromatic hydroxyl groups is 2. The molecule has 0 aliphatic carbocycles. The predicted molar refractivity (Wildman–Crippen MR) is 71.4 cm³/mol. The van der Waals surface area contributed by atoms with Crippen LogP contribution >= 0.6 is 0 Å². The molecule has 0 radical (unpaired) electrons. The van der Waals surface area contributed by atoms with Gasteiger partial charge in [-0.3, -0.25) is 0 Å². The Labute approximate surface area is 109 Å². The van der Waals surface area contributed by atoms with Crippen molar-refractivity contribution < 1.29 is 14.6 Å². The molecule has 2 N–H and O–H groups in total. The van der Waals surface area contributed by atoms with Crippen molar-refractivity contribution in [1.82, 2.24) is 0 Å². The maximum atomic E-state index is 13.3. The van der Waals surface area contributed by atoms with Crippen molar-refractivity contribution in [2.45, 2.75) is 0 Å². The first-order chi connectivity index (χ1) is 9.15. The Morgan fingerprint density at radius 1 is 0.842 bits per heavy atom. The highest BCUT2D eigenvalue weighted by Crippen LogP contribution is 2.13. The molecule has 2 aromatic rings. The number of halogens is 1. The quantitative estimate of drug-likeness (QED) is 0.656. The van der Waals surface area contributed by atoms with Crippen molar-refractivity contribution in [3.8, 4) is 11.5 Å². The van der Waals surface area contributed by atoms with Crippen LogP contribution in [0, 0.1) is 5.82 Å². The number of hydrogen-bond donors (Lipinski definition) is 2. The van der Waals surface area contributed by atoms with Gasteiger partial charge in [0.05, 0.1) is 12.4 Å². The van der Waals surface area contributed by atoms with E-state index in [4.69, 9.17) is 10.2 Å². The summed E-state index contributed by atoms with van der Waals surface area (Å²) >= 11 is 0. The number of benzene rings is 2. The molecule has 0 saturated heterocycles. The van der Waals surface area contributed by atoms with Crippen molar-refractivity contribution >= 4 is 12.4 Å². The minimum atomic E-state index is -0.566. The first-order valence-electron chi connectivity index (χ1n) is 5.49. The van der Waals surface area contributed by atoms with Gasteiger partial charge in [-0.2, -0.15) is 10.2 Å². The normalized spacial score (nSPS) is 11.4. The van der Waals surface area contributed by atoms with Gasteiger partial charge in [0.2, 0.25) is 0 Å². The van der Waals surface area contributed by atoms with Gasteiger partial charge in [-0.25, -0.2) is 4.39 Å². The molecular weight excluding hydrogens is 247 g/mol. The Morgan fingerprint density at radius 3 is 2.16 bits per heavy atom. The smallest absolute Gasteiger partial charge is 0.135 e. The lowest BCUT2D eigenvalue weighted by Gasteiger charge is -1.95. The third-order valence-electron chi connectivity index (χ3n) is 2.35. The summed E-state index contributed by atoms with van der Waals surface area (Å²) in [4.78, 5) is 0. The fraction of sp³-hybridized carbons (Fsp3) is 0. The summed E-state index contributed by atoms with van der Waals surface area (Å²) in [7, 11) is 0. The largest absolute Gasteiger partial charge is 0.508 e. The van der Waals surface area contributed by atoms with E-state index in [1.54, 1.807) is 12.1 Å². The molecule has 4 nitrogen and oxygen atoms in total. The van der Waals surface area contributed by atoms with Crippen molar-refractivity contribution in [2.24, 2.45) is 10.2 Å². The van der Waals surface area contributed by atoms with E-state index in [1.165, 1.54) is 36.7 Å². The summed E-state index contributed by atoms with van der Waals surface area (Å²) in [5.74, 6) is -0.530. The van der Waals surface area contributed by atoms with Gasteiger partial charge >= 0.3 is 0 Å². The van der Waals surface area contributed by atoms with Crippen LogP contribution in [0.3, 0.4) is 0 Å². The number of nitrogens with zero attached hydrogens (tertiary/aromatic N) is 2. The Bertz CT molecular complexity index is 622. The minimum absolute atomic E-state index is 0.137. The number of hydrogen-bond acceptors (Lipinski definition) is 4. The number of phenols is 2. The maximum Gasteiger partial charge on any atom is 0.135 e. The van der Waals surface area contributed by atoms with Crippen LogP contribution in [0.2, 0.25) is 0 Å². The van der Waals surface area contributed by atoms with Gasteiger partial charge in [-0.15, -0.1) is 0 Å². The van der Waals surface area contributed by atoms with E-state index in [0.29, 0.717) is 0 Å². The first-order valence-corrected chi connectivity index (χ1v) is 5.49. The van der Waals surface area contributed by atoms with Crippen LogP contribution in [0.1, 0.15) is 11.1 Å². The second-order valence-electron chi connectivity index (χ2n) is 3.79. The van der Waals surface area contributed by atoms with Crippen LogP contribution in [0.4, 0.5) is 4.39 Å². The summed E-state index contributed by atoms with van der Waals surface area (Å²) in [6, 6.07) is 10.2. The van der Waals surface area contributed by atoms with Crippen molar-refractivity contribution in [1.29, 1.82) is 0 Å². The zero-order valence-corrected chi connectivity index (χ0v) is 9.86. The Kier molecular flexibility index (Phi) is 3.87. The van der Waals surface area contributed by atoms with Crippen LogP contribution in [0.25, 0.3) is 0 Å². The lowest BCUT2D eigenvalue weighted by atomic mass is 10.2. The van der Waals surface area contributed by atoms with Crippen LogP contribution in [0.15, 0.2) is 52.7 Å². The standard InChI is InChI=1S/C14H11FN2O2/c15-14-7-13(19)6-3-11(14)9-17-16-8-10-1-4-12(18)5-2-10/h1-9,18-19H. The molecule has 0 heterocycles. The molecule has 0 saturated carbocycles. The van der Waals surface area contributed by atoms with Crippen LogP contribution in [-0.2, 0) is 0 Å². The summed E-state index contributed by atoms with van der Waals surface area (Å²) in [5.41, 5.74) is 1.00. The third kappa shape index (κ3) is 3.64. The second-order valence-corrected chi connectivity index (χ2v) is 3.79. The van der Waals surface area contributed by atoms with Gasteiger partial charge in [0.15, 0.2) is 0 Å². The SMILES string of the molecule is Oc1ccc(C=NN=Cc2ccc(O)cc2F)cc1. The summed E-state index contributed by atoms with van der Waals surface area (Å²) < 4.78 is 13.3. The van der Waals surface area contributed by atoms with E-state index in [9.17, 15) is 4.39 Å². The first kappa shape index (κ1) is 12.8. The van der Waals surface area contributed by atoms with E-state index >= 15 is 0 Å². The Hall–Kier alpha value is -2.69. The van der Waals surface area contributed by atoms with E-state index < -0.39 is 5.82 Å². The monoisotopic (exact) mass is 258 g/mol. The molecule has 5 heteroatoms. The molecule has 2 rings (SSSR count). The minimum Gasteiger partial charge on any atom is -0.508 e. The van der Waals surface area contributed by atoms with Crippen LogP contribution < -0.4 is 0 Å². The average Bonchev–Trinajstić information content (AvgIpc) is 2.39. The van der Waals surface area contributed by atoms with Gasteiger partial charge in [-0.05, 0) is 42.0 Å². The highest BCUT2D eigenvalue weighted by molar-refractivity contribution is 5.83. The Balaban J connectivity index is 2.05. The Morgan fingerprint density at radius 2 is 1.47 bits per heavy atom. The van der Waals surface area contributed by atoms with Crippen LogP contribution in [0.5, 0.6) is 11.5 Å². The molecule has 0 aromatic heterocycles. The molecule has 0 unspecified atom stereocenters. The molecule has 19 heavy (non-hydrogen) atoms. The zero-order valence-electron chi connectivity index (χ0n) is 9.86. The summed E-state index contributed by atoms with van der Waals surface area (Å²) in [5, 5.41) is 25.6. The van der Waals surface area contributed by atoms with Gasteiger partial charge in [0.25, 0.3) is 0 Å². The number of phenolic OH excluding ortho intramolecular Hbond substituents is 2. The molecule has 0 bridgehead atoms. The van der Waals surface area contributed by atoms with Crippen molar-refractivity contribution in [3.63, 3.8) is 0 Å². The van der Waals surface area contributed by atoms with E-state index in [2.05, 4.69) is 10.2 Å². The van der Waals surface area contributed by atoms with Gasteiger partial charge in [0.1, 0.15) is 17.3 Å². The van der Waals surface area contributed by atoms with E-state index in [0.717, 1.165) is 11.6 Å². The van der Waals surface area contributed by atoms with Crippen molar-refractivity contribution in [2.75, 3.05) is 0 Å². The van der Waals surface area contributed by atoms with E-state index in [1.807, 2.05) is 0 Å². The molecular formula is C14H11FN2O2. The van der Waals surface area contributed by atoms with Crippen LogP contribution in [-0.4, -0.2) is 22.6 Å². The number of rotatable bonds is 3. The molecule has 0 atom stereocenters. The second kappa shape index (κ2) is 5.77. The third-order valence-corrected chi connectivity index (χ3v) is 2.35. The van der Waals surface area contributed by atoms with E-state index in [-0.39, 0.29) is 17.1 Å². The maximum absolute atomic E-state index is 13.3. The molecule has 0 aliphatic heterocycles. The molecule has 0 amide bonds. The fourth-order valence-corrected chi connectivity index (χ4v) is 1.38. The summed E-state index contributed by atoms with van der Waals surface area (Å²) in [6.45, 7) is 0. The fourth-order valence-electron chi connectivity index (χ4n) is 1.38. The molecule has 96 valence electrons. The predicted octanol–water partition coefficient (Wildman–Crippen LogP) is 2.69. The van der Waals surface area contributed by atoms with Gasteiger partial charge in [-0.1, -0.05) is 0 Å².